The summed E-state index contributed by atoms with van der Waals surface area (Å²) in [5.74, 6) is 0. The molecule has 0 aliphatic carbocycles. The van der Waals surface area contributed by atoms with Gasteiger partial charge in [-0.15, -0.1) is 16.4 Å². The molecule has 234 valence electrons. The van der Waals surface area contributed by atoms with Gasteiger partial charge in [0.15, 0.2) is 0 Å². The van der Waals surface area contributed by atoms with Crippen molar-refractivity contribution in [2.75, 3.05) is 0 Å². The number of rotatable bonds is 3. The molecule has 10 rings (SSSR count). The normalized spacial score (nSPS) is 11.9. The molecular weight excluding hydrogens is 615 g/mol. The molecule has 0 atom stereocenters. The Labute approximate surface area is 300 Å². The molecule has 8 aromatic carbocycles. The third-order valence-corrected chi connectivity index (χ3v) is 11.7. The largest absolute Gasteiger partial charge is 0.456 e. The first-order valence-electron chi connectivity index (χ1n) is 17.8. The van der Waals surface area contributed by atoms with Gasteiger partial charge in [0, 0.05) is 21.5 Å². The molecule has 0 N–H and O–H groups in total. The first kappa shape index (κ1) is 30.1. The maximum absolute atomic E-state index is 6.46. The summed E-state index contributed by atoms with van der Waals surface area (Å²) in [6, 6.07) is 45.9. The van der Waals surface area contributed by atoms with Crippen molar-refractivity contribution < 1.29 is 8.83 Å². The van der Waals surface area contributed by atoms with Crippen LogP contribution in [0.3, 0.4) is 0 Å². The summed E-state index contributed by atoms with van der Waals surface area (Å²) in [5.41, 5.74) is 17.8. The van der Waals surface area contributed by atoms with Crippen molar-refractivity contribution in [2.45, 2.75) is 0 Å². The topological polar surface area (TPSA) is 26.3 Å². The van der Waals surface area contributed by atoms with E-state index in [4.69, 9.17) is 8.83 Å². The third-order valence-electron chi connectivity index (χ3n) is 11.7. The number of furan rings is 2. The summed E-state index contributed by atoms with van der Waals surface area (Å²) in [6.07, 6.45) is 0. The maximum atomic E-state index is 6.46. The average molecular weight is 646 g/mol. The van der Waals surface area contributed by atoms with E-state index in [2.05, 4.69) is 154 Å². The van der Waals surface area contributed by atoms with E-state index in [9.17, 15) is 0 Å². The van der Waals surface area contributed by atoms with Gasteiger partial charge in [-0.1, -0.05) is 108 Å². The molecule has 0 aliphatic rings. The van der Waals surface area contributed by atoms with Crippen LogP contribution < -0.4 is 27.3 Å². The molecule has 2 aromatic heterocycles. The van der Waals surface area contributed by atoms with Gasteiger partial charge < -0.3 is 8.83 Å². The second-order valence-corrected chi connectivity index (χ2v) is 14.1. The van der Waals surface area contributed by atoms with E-state index in [1.165, 1.54) is 82.2 Å². The van der Waals surface area contributed by atoms with Crippen molar-refractivity contribution in [3.63, 3.8) is 0 Å². The SMILES string of the molecule is Bc1c(B)c(B)c(-c2ccc3c(-c4cccc5oc6ccccc6c45)c4ccccc4c(-c4cccc5oc6ccccc6c45)c3c2)c(B)c1B. The Kier molecular flexibility index (Phi) is 6.55. The molecule has 51 heavy (non-hydrogen) atoms. The number of hydrogen-bond acceptors (Lipinski definition) is 2. The summed E-state index contributed by atoms with van der Waals surface area (Å²) in [4.78, 5) is 0. The molecule has 0 saturated carbocycles. The van der Waals surface area contributed by atoms with E-state index in [0.717, 1.165) is 43.9 Å². The fourth-order valence-electron chi connectivity index (χ4n) is 8.81. The minimum atomic E-state index is 0.900. The van der Waals surface area contributed by atoms with E-state index >= 15 is 0 Å². The van der Waals surface area contributed by atoms with Crippen LogP contribution in [-0.4, -0.2) is 39.2 Å². The van der Waals surface area contributed by atoms with Crippen LogP contribution in [0.1, 0.15) is 0 Å². The number of benzene rings is 8. The van der Waals surface area contributed by atoms with E-state index < -0.39 is 0 Å². The summed E-state index contributed by atoms with van der Waals surface area (Å²) in [5, 5.41) is 9.42. The van der Waals surface area contributed by atoms with Crippen LogP contribution in [0.4, 0.5) is 0 Å². The van der Waals surface area contributed by atoms with Crippen molar-refractivity contribution in [1.29, 1.82) is 0 Å². The molecule has 0 unspecified atom stereocenters. The summed E-state index contributed by atoms with van der Waals surface area (Å²) in [6.45, 7) is 0. The van der Waals surface area contributed by atoms with Crippen LogP contribution in [0.2, 0.25) is 0 Å². The van der Waals surface area contributed by atoms with Gasteiger partial charge in [0.1, 0.15) is 61.6 Å². The number of hydrogen-bond donors (Lipinski definition) is 0. The lowest BCUT2D eigenvalue weighted by Gasteiger charge is -2.23. The van der Waals surface area contributed by atoms with E-state index in [0.29, 0.717) is 0 Å². The quantitative estimate of drug-likeness (QED) is 0.214. The molecule has 0 spiro atoms. The van der Waals surface area contributed by atoms with E-state index in [1.807, 2.05) is 12.1 Å². The highest BCUT2D eigenvalue weighted by atomic mass is 16.3. The van der Waals surface area contributed by atoms with Gasteiger partial charge in [-0.25, -0.2) is 0 Å². The van der Waals surface area contributed by atoms with Crippen molar-refractivity contribution in [3.8, 4) is 33.4 Å². The van der Waals surface area contributed by atoms with Crippen LogP contribution in [0, 0.1) is 0 Å². The van der Waals surface area contributed by atoms with Crippen LogP contribution in [0.5, 0.6) is 0 Å². The number of fused-ring (bicyclic) bond motifs is 8. The lowest BCUT2D eigenvalue weighted by molar-refractivity contribution is 0.668. The average Bonchev–Trinajstić information content (AvgIpc) is 3.74. The monoisotopic (exact) mass is 646 g/mol. The highest BCUT2D eigenvalue weighted by Gasteiger charge is 2.23. The Morgan fingerprint density at radius 1 is 0.314 bits per heavy atom. The fraction of sp³-hybridized carbons (Fsp3) is 0. The van der Waals surface area contributed by atoms with Crippen molar-refractivity contribution in [1.82, 2.24) is 0 Å². The minimum Gasteiger partial charge on any atom is -0.456 e. The van der Waals surface area contributed by atoms with Gasteiger partial charge in [-0.05, 0) is 85.3 Å². The van der Waals surface area contributed by atoms with Crippen molar-refractivity contribution in [2.24, 2.45) is 0 Å². The smallest absolute Gasteiger partial charge is 0.139 e. The third kappa shape index (κ3) is 4.24. The van der Waals surface area contributed by atoms with Gasteiger partial charge in [0.25, 0.3) is 0 Å². The Bertz CT molecular complexity index is 3070. The Morgan fingerprint density at radius 2 is 0.725 bits per heavy atom. The standard InChI is InChI=1S/C44H31B5O2/c45-40-35(41(46)43(48)44(49)42(40)47)22-19-20-25-30(21-22)37(29-14-8-18-34-39(29)27-12-4-6-16-32(27)51-34)24-10-2-1-9-23(24)36(25)28-13-7-17-33-38(28)26-11-3-5-15-31(26)50-33/h1-21H,45-49H2. The van der Waals surface area contributed by atoms with Crippen LogP contribution in [-0.2, 0) is 0 Å². The second-order valence-electron chi connectivity index (χ2n) is 14.1. The first-order chi connectivity index (χ1) is 24.9. The predicted molar refractivity (Wildman–Crippen MR) is 233 cm³/mol. The lowest BCUT2D eigenvalue weighted by atomic mass is 9.59. The summed E-state index contributed by atoms with van der Waals surface area (Å²) >= 11 is 0. The first-order valence-corrected chi connectivity index (χ1v) is 17.8. The molecule has 0 amide bonds. The van der Waals surface area contributed by atoms with Gasteiger partial charge in [0.05, 0.1) is 0 Å². The molecule has 2 nitrogen and oxygen atoms in total. The summed E-state index contributed by atoms with van der Waals surface area (Å²) in [7, 11) is 11.3. The fourth-order valence-corrected chi connectivity index (χ4v) is 8.81. The van der Waals surface area contributed by atoms with Gasteiger partial charge in [-0.3, -0.25) is 0 Å². The van der Waals surface area contributed by atoms with Gasteiger partial charge in [0.2, 0.25) is 0 Å². The zero-order valence-corrected chi connectivity index (χ0v) is 29.4. The van der Waals surface area contributed by atoms with Gasteiger partial charge in [-0.2, -0.15) is 0 Å². The molecule has 0 fully saturated rings. The van der Waals surface area contributed by atoms with Crippen LogP contribution in [0.25, 0.3) is 98.8 Å². The van der Waals surface area contributed by atoms with E-state index in [-0.39, 0.29) is 0 Å². The molecule has 7 heteroatoms. The minimum absolute atomic E-state index is 0.900. The molecular formula is C44H31B5O2. The predicted octanol–water partition coefficient (Wildman–Crippen LogP) is 4.08. The van der Waals surface area contributed by atoms with Crippen molar-refractivity contribution >= 4 is 132 Å². The Morgan fingerprint density at radius 3 is 1.25 bits per heavy atom. The van der Waals surface area contributed by atoms with Crippen LogP contribution in [0.15, 0.2) is 136 Å². The highest BCUT2D eigenvalue weighted by molar-refractivity contribution is 6.68. The number of para-hydroxylation sites is 2. The van der Waals surface area contributed by atoms with Crippen molar-refractivity contribution in [3.05, 3.63) is 127 Å². The van der Waals surface area contributed by atoms with E-state index in [1.54, 1.807) is 0 Å². The lowest BCUT2D eigenvalue weighted by Crippen LogP contribution is -2.55. The Hall–Kier alpha value is -5.80. The summed E-state index contributed by atoms with van der Waals surface area (Å²) < 4.78 is 12.9. The molecule has 2 heterocycles. The molecule has 0 aliphatic heterocycles. The Balaban J connectivity index is 1.42. The molecule has 0 radical (unpaired) electrons. The maximum Gasteiger partial charge on any atom is 0.139 e. The molecule has 10 aromatic rings. The zero-order valence-electron chi connectivity index (χ0n) is 29.4. The highest BCUT2D eigenvalue weighted by Crippen LogP contribution is 2.49. The molecule has 0 bridgehead atoms. The second kappa shape index (κ2) is 11.1. The zero-order chi connectivity index (χ0) is 34.5. The van der Waals surface area contributed by atoms with Gasteiger partial charge >= 0.3 is 0 Å². The van der Waals surface area contributed by atoms with Crippen LogP contribution >= 0.6 is 0 Å². The molecule has 0 saturated heterocycles.